The van der Waals surface area contributed by atoms with Gasteiger partial charge in [-0.25, -0.2) is 0 Å². The molecule has 1 aliphatic rings. The summed E-state index contributed by atoms with van der Waals surface area (Å²) in [5, 5.41) is 18.4. The third kappa shape index (κ3) is 2.29. The zero-order valence-electron chi connectivity index (χ0n) is 10.0. The number of carbonyl (C=O) groups excluding carboxylic acids is 1. The van der Waals surface area contributed by atoms with Crippen LogP contribution in [-0.4, -0.2) is 42.0 Å². The lowest BCUT2D eigenvalue weighted by Gasteiger charge is -2.05. The molecule has 0 aromatic heterocycles. The Balaban J connectivity index is 2.17. The van der Waals surface area contributed by atoms with Crippen molar-refractivity contribution in [3.8, 4) is 5.75 Å². The summed E-state index contributed by atoms with van der Waals surface area (Å²) in [4.78, 5) is 15.7. The maximum Gasteiger partial charge on any atom is 0.275 e. The Hall–Kier alpha value is -2.44. The van der Waals surface area contributed by atoms with Gasteiger partial charge in [-0.1, -0.05) is 0 Å². The van der Waals surface area contributed by atoms with Crippen LogP contribution in [0.2, 0.25) is 0 Å². The molecular formula is C11H13N5O2. The number of rotatable bonds is 2. The number of aromatic hydroxyl groups is 1. The lowest BCUT2D eigenvalue weighted by atomic mass is 10.3. The van der Waals surface area contributed by atoms with Crippen LogP contribution in [-0.2, 0) is 4.79 Å². The summed E-state index contributed by atoms with van der Waals surface area (Å²) in [6.07, 6.45) is 0. The second-order valence-electron chi connectivity index (χ2n) is 3.75. The molecule has 18 heavy (non-hydrogen) atoms. The number of nitrogens with zero attached hydrogens (tertiary/aromatic N) is 4. The van der Waals surface area contributed by atoms with Crippen molar-refractivity contribution >= 4 is 17.4 Å². The van der Waals surface area contributed by atoms with Gasteiger partial charge in [0.2, 0.25) is 6.04 Å². The zero-order chi connectivity index (χ0) is 13.1. The molecule has 1 aliphatic heterocycles. The van der Waals surface area contributed by atoms with Gasteiger partial charge in [0, 0.05) is 14.1 Å². The highest BCUT2D eigenvalue weighted by atomic mass is 16.3. The summed E-state index contributed by atoms with van der Waals surface area (Å²) in [6.45, 7) is 0. The lowest BCUT2D eigenvalue weighted by molar-refractivity contribution is -0.129. The van der Waals surface area contributed by atoms with Crippen molar-refractivity contribution in [2.24, 2.45) is 15.2 Å². The Labute approximate surface area is 104 Å². The van der Waals surface area contributed by atoms with Crippen molar-refractivity contribution < 1.29 is 9.90 Å². The molecule has 0 aliphatic carbocycles. The summed E-state index contributed by atoms with van der Waals surface area (Å²) in [5.41, 5.74) is 3.35. The number of phenols is 1. The number of carbonyl (C=O) groups is 1. The molecule has 2 rings (SSSR count). The molecule has 94 valence electrons. The number of hydrazine groups is 1. The van der Waals surface area contributed by atoms with E-state index in [-0.39, 0.29) is 11.7 Å². The molecule has 1 saturated heterocycles. The highest BCUT2D eigenvalue weighted by Crippen LogP contribution is 2.18. The Morgan fingerprint density at radius 1 is 1.33 bits per heavy atom. The van der Waals surface area contributed by atoms with E-state index in [9.17, 15) is 4.79 Å². The van der Waals surface area contributed by atoms with Crippen molar-refractivity contribution in [2.45, 2.75) is 6.04 Å². The number of amidine groups is 1. The first kappa shape index (κ1) is 12.0. The maximum absolute atomic E-state index is 11.7. The zero-order valence-corrected chi connectivity index (χ0v) is 10.0. The number of hydrogen-bond donors (Lipinski definition) is 2. The van der Waals surface area contributed by atoms with E-state index >= 15 is 0 Å². The molecule has 1 atom stereocenters. The topological polar surface area (TPSA) is 89.7 Å². The fourth-order valence-corrected chi connectivity index (χ4v) is 1.51. The second kappa shape index (κ2) is 4.82. The number of aliphatic imine (C=N–C) groups is 1. The quantitative estimate of drug-likeness (QED) is 0.759. The first-order chi connectivity index (χ1) is 8.61. The third-order valence-corrected chi connectivity index (χ3v) is 2.49. The minimum atomic E-state index is -0.728. The van der Waals surface area contributed by atoms with Crippen molar-refractivity contribution in [1.82, 2.24) is 10.4 Å². The van der Waals surface area contributed by atoms with Crippen LogP contribution in [0.4, 0.5) is 5.69 Å². The molecule has 1 heterocycles. The molecule has 1 aromatic carbocycles. The van der Waals surface area contributed by atoms with E-state index in [1.807, 2.05) is 0 Å². The van der Waals surface area contributed by atoms with Gasteiger partial charge in [0.05, 0.1) is 5.69 Å². The van der Waals surface area contributed by atoms with Crippen molar-refractivity contribution in [1.29, 1.82) is 0 Å². The molecule has 2 N–H and O–H groups in total. The van der Waals surface area contributed by atoms with Gasteiger partial charge in [0.15, 0.2) is 5.84 Å². The Kier molecular flexibility index (Phi) is 3.22. The van der Waals surface area contributed by atoms with Gasteiger partial charge >= 0.3 is 0 Å². The van der Waals surface area contributed by atoms with Gasteiger partial charge in [-0.05, 0) is 24.3 Å². The third-order valence-electron chi connectivity index (χ3n) is 2.49. The lowest BCUT2D eigenvalue weighted by Crippen LogP contribution is -2.31. The van der Waals surface area contributed by atoms with Crippen LogP contribution in [0.1, 0.15) is 0 Å². The Morgan fingerprint density at radius 3 is 2.61 bits per heavy atom. The average Bonchev–Trinajstić information content (AvgIpc) is 2.65. The number of likely N-dealkylation sites (N-methyl/N-ethyl adjacent to an activating group) is 1. The molecule has 0 saturated carbocycles. The van der Waals surface area contributed by atoms with Gasteiger partial charge in [0.25, 0.3) is 5.91 Å². The van der Waals surface area contributed by atoms with Crippen LogP contribution in [0.5, 0.6) is 5.75 Å². The van der Waals surface area contributed by atoms with Crippen molar-refractivity contribution in [3.05, 3.63) is 24.3 Å². The number of amides is 1. The van der Waals surface area contributed by atoms with Gasteiger partial charge in [-0.15, -0.1) is 0 Å². The molecule has 0 radical (unpaired) electrons. The summed E-state index contributed by atoms with van der Waals surface area (Å²) >= 11 is 0. The first-order valence-corrected chi connectivity index (χ1v) is 5.32. The summed E-state index contributed by atoms with van der Waals surface area (Å²) in [5.74, 6) is 0.409. The van der Waals surface area contributed by atoms with E-state index in [1.165, 1.54) is 17.1 Å². The number of azo groups is 1. The Bertz CT molecular complexity index is 509. The highest BCUT2D eigenvalue weighted by Gasteiger charge is 2.35. The van der Waals surface area contributed by atoms with Gasteiger partial charge in [-0.3, -0.25) is 20.2 Å². The normalized spacial score (nSPS) is 21.9. The predicted octanol–water partition coefficient (Wildman–Crippen LogP) is 0.849. The molecule has 7 nitrogen and oxygen atoms in total. The van der Waals surface area contributed by atoms with Crippen molar-refractivity contribution in [3.63, 3.8) is 0 Å². The highest BCUT2D eigenvalue weighted by molar-refractivity contribution is 6.11. The molecule has 1 fully saturated rings. The second-order valence-corrected chi connectivity index (χ2v) is 3.75. The molecular weight excluding hydrogens is 234 g/mol. The standard InChI is InChI=1S/C11H13N5O2/c1-12-10-9(11(18)16(2)15-10)14-13-7-3-5-8(17)6-4-7/h3-6,9,17H,1-2H3,(H,12,15). The first-order valence-electron chi connectivity index (χ1n) is 5.32. The van der Waals surface area contributed by atoms with Crippen LogP contribution in [0.15, 0.2) is 39.5 Å². The number of hydrogen-bond acceptors (Lipinski definition) is 5. The fraction of sp³-hybridized carbons (Fsp3) is 0.273. The van der Waals surface area contributed by atoms with E-state index < -0.39 is 6.04 Å². The molecule has 1 aromatic rings. The van der Waals surface area contributed by atoms with Gasteiger partial charge < -0.3 is 5.11 Å². The van der Waals surface area contributed by atoms with E-state index in [0.29, 0.717) is 11.5 Å². The molecule has 1 amide bonds. The number of benzene rings is 1. The largest absolute Gasteiger partial charge is 0.508 e. The fourth-order valence-electron chi connectivity index (χ4n) is 1.51. The number of phenolic OH excluding ortho intramolecular Hbond substituents is 1. The van der Waals surface area contributed by atoms with E-state index in [4.69, 9.17) is 5.11 Å². The minimum absolute atomic E-state index is 0.156. The summed E-state index contributed by atoms with van der Waals surface area (Å²) in [6, 6.07) is 5.50. The maximum atomic E-state index is 11.7. The smallest absolute Gasteiger partial charge is 0.275 e. The average molecular weight is 247 g/mol. The van der Waals surface area contributed by atoms with Crippen LogP contribution < -0.4 is 5.43 Å². The minimum Gasteiger partial charge on any atom is -0.508 e. The summed E-state index contributed by atoms with van der Waals surface area (Å²) in [7, 11) is 3.18. The van der Waals surface area contributed by atoms with Crippen molar-refractivity contribution in [2.75, 3.05) is 14.1 Å². The Morgan fingerprint density at radius 2 is 2.00 bits per heavy atom. The van der Waals surface area contributed by atoms with Crippen LogP contribution in [0.25, 0.3) is 0 Å². The van der Waals surface area contributed by atoms with Crippen LogP contribution in [0, 0.1) is 0 Å². The van der Waals surface area contributed by atoms with Crippen LogP contribution in [0.3, 0.4) is 0 Å². The monoisotopic (exact) mass is 247 g/mol. The molecule has 0 bridgehead atoms. The molecule has 1 unspecified atom stereocenters. The van der Waals surface area contributed by atoms with Crippen LogP contribution >= 0.6 is 0 Å². The number of nitrogens with one attached hydrogen (secondary N) is 1. The van der Waals surface area contributed by atoms with Gasteiger partial charge in [-0.2, -0.15) is 10.2 Å². The SMILES string of the molecule is CN=C1NN(C)C(=O)C1N=Nc1ccc(O)cc1. The van der Waals surface area contributed by atoms with Gasteiger partial charge in [0.1, 0.15) is 5.75 Å². The molecule has 7 heteroatoms. The summed E-state index contributed by atoms with van der Waals surface area (Å²) < 4.78 is 0. The molecule has 0 spiro atoms. The van der Waals surface area contributed by atoms with E-state index in [1.54, 1.807) is 26.2 Å². The van der Waals surface area contributed by atoms with E-state index in [2.05, 4.69) is 20.6 Å². The van der Waals surface area contributed by atoms with E-state index in [0.717, 1.165) is 0 Å². The predicted molar refractivity (Wildman–Crippen MR) is 65.7 cm³/mol.